The maximum atomic E-state index is 11.8. The highest BCUT2D eigenvalue weighted by atomic mass is 16.5. The van der Waals surface area contributed by atoms with Crippen LogP contribution in [0.5, 0.6) is 11.5 Å². The van der Waals surface area contributed by atoms with Gasteiger partial charge in [-0.2, -0.15) is 0 Å². The lowest BCUT2D eigenvalue weighted by molar-refractivity contribution is -0.131. The van der Waals surface area contributed by atoms with E-state index in [0.717, 1.165) is 24.0 Å². The minimum atomic E-state index is -1.47. The zero-order valence-corrected chi connectivity index (χ0v) is 18.0. The number of carboxylic acid groups (broad SMARTS) is 1. The van der Waals surface area contributed by atoms with Crippen LogP contribution in [0.3, 0.4) is 0 Å². The molecule has 0 unspecified atom stereocenters. The van der Waals surface area contributed by atoms with Gasteiger partial charge in [0.15, 0.2) is 17.4 Å². The molecule has 0 saturated carbocycles. The molecule has 2 aromatic carbocycles. The van der Waals surface area contributed by atoms with Crippen LogP contribution in [-0.4, -0.2) is 45.8 Å². The Hall–Kier alpha value is -3.91. The third-order valence-electron chi connectivity index (χ3n) is 5.83. The molecule has 0 bridgehead atoms. The lowest BCUT2D eigenvalue weighted by atomic mass is 9.69. The first-order chi connectivity index (χ1) is 15.9. The lowest BCUT2D eigenvalue weighted by Crippen LogP contribution is -2.35. The number of aromatic nitrogens is 2. The number of carbonyl (C=O) groups is 3. The molecule has 1 aliphatic rings. The first kappa shape index (κ1) is 22.3. The molecule has 1 aliphatic heterocycles. The molecule has 1 aromatic heterocycles. The number of aliphatic carboxylic acids is 1. The first-order valence-corrected chi connectivity index (χ1v) is 10.5. The van der Waals surface area contributed by atoms with Gasteiger partial charge in [-0.1, -0.05) is 36.4 Å². The molecule has 4 rings (SSSR count). The van der Waals surface area contributed by atoms with Gasteiger partial charge in [0, 0.05) is 31.1 Å². The van der Waals surface area contributed by atoms with E-state index < -0.39 is 11.8 Å². The number of ketones is 2. The second kappa shape index (κ2) is 9.30. The van der Waals surface area contributed by atoms with Crippen LogP contribution in [0.1, 0.15) is 51.9 Å². The minimum Gasteiger partial charge on any atom is -0.475 e. The van der Waals surface area contributed by atoms with Gasteiger partial charge in [0.1, 0.15) is 5.75 Å². The summed E-state index contributed by atoms with van der Waals surface area (Å²) in [5.74, 6) is -1.46. The number of carboxylic acids is 1. The normalized spacial score (nSPS) is 14.9. The fourth-order valence-corrected chi connectivity index (χ4v) is 4.06. The van der Waals surface area contributed by atoms with Gasteiger partial charge in [0.05, 0.1) is 12.4 Å². The summed E-state index contributed by atoms with van der Waals surface area (Å²) in [7, 11) is 0. The van der Waals surface area contributed by atoms with E-state index in [1.54, 1.807) is 12.1 Å². The van der Waals surface area contributed by atoms with E-state index in [2.05, 4.69) is 9.97 Å². The quantitative estimate of drug-likeness (QED) is 0.430. The molecular weight excluding hydrogens is 424 g/mol. The molecule has 0 radical (unpaired) electrons. The van der Waals surface area contributed by atoms with E-state index in [9.17, 15) is 14.4 Å². The number of hydrogen-bond donors (Lipinski definition) is 1. The molecule has 168 valence electrons. The highest BCUT2D eigenvalue weighted by Gasteiger charge is 2.36. The van der Waals surface area contributed by atoms with Gasteiger partial charge < -0.3 is 14.6 Å². The molecular formula is C25H22N2O6. The number of rotatable bonds is 7. The largest absolute Gasteiger partial charge is 0.475 e. The van der Waals surface area contributed by atoms with Crippen molar-refractivity contribution >= 4 is 17.5 Å². The molecule has 0 atom stereocenters. The van der Waals surface area contributed by atoms with Crippen LogP contribution in [0.4, 0.5) is 0 Å². The topological polar surface area (TPSA) is 116 Å². The Morgan fingerprint density at radius 2 is 1.42 bits per heavy atom. The van der Waals surface area contributed by atoms with Crippen molar-refractivity contribution in [2.75, 3.05) is 13.2 Å². The summed E-state index contributed by atoms with van der Waals surface area (Å²) in [6, 6.07) is 14.4. The Bertz CT molecular complexity index is 1170. The fraction of sp³-hybridized carbons (Fsp3) is 0.240. The standard InChI is InChI=1S/C25H22N2O6/c1-16(28)23-26-14-21(15-27-23)33-20-8-6-19(7-9-20)25(10-12-32-13-11-25)18-4-2-17(3-5-18)22(29)24(30)31/h2-9,14-15H,10-13H2,1H3,(H,30,31). The van der Waals surface area contributed by atoms with Gasteiger partial charge in [0.25, 0.3) is 5.78 Å². The summed E-state index contributed by atoms with van der Waals surface area (Å²) in [4.78, 5) is 42.0. The summed E-state index contributed by atoms with van der Waals surface area (Å²) in [5.41, 5.74) is 1.89. The lowest BCUT2D eigenvalue weighted by Gasteiger charge is -2.38. The number of benzene rings is 2. The number of Topliss-reactive ketones (excluding diaryl/α,β-unsaturated/α-hetero) is 2. The maximum Gasteiger partial charge on any atom is 0.377 e. The smallest absolute Gasteiger partial charge is 0.377 e. The molecule has 0 amide bonds. The van der Waals surface area contributed by atoms with Crippen molar-refractivity contribution in [3.05, 3.63) is 83.4 Å². The first-order valence-electron chi connectivity index (χ1n) is 10.5. The van der Waals surface area contributed by atoms with E-state index in [1.165, 1.54) is 19.3 Å². The van der Waals surface area contributed by atoms with Crippen LogP contribution < -0.4 is 4.74 Å². The van der Waals surface area contributed by atoms with E-state index in [1.807, 2.05) is 36.4 Å². The SMILES string of the molecule is CC(=O)c1ncc(Oc2ccc(C3(c4ccc(C(=O)C(=O)O)cc4)CCOCC3)cc2)cn1. The summed E-state index contributed by atoms with van der Waals surface area (Å²) < 4.78 is 11.4. The predicted octanol–water partition coefficient (Wildman–Crippen LogP) is 3.84. The Balaban J connectivity index is 1.59. The third kappa shape index (κ3) is 4.65. The Morgan fingerprint density at radius 1 is 0.879 bits per heavy atom. The Labute approximate surface area is 190 Å². The van der Waals surface area contributed by atoms with Gasteiger partial charge in [-0.3, -0.25) is 9.59 Å². The molecule has 2 heterocycles. The van der Waals surface area contributed by atoms with E-state index in [0.29, 0.717) is 24.7 Å². The van der Waals surface area contributed by atoms with Crippen molar-refractivity contribution in [1.82, 2.24) is 9.97 Å². The van der Waals surface area contributed by atoms with Crippen LogP contribution in [0.15, 0.2) is 60.9 Å². The van der Waals surface area contributed by atoms with Crippen LogP contribution >= 0.6 is 0 Å². The Morgan fingerprint density at radius 3 is 1.94 bits per heavy atom. The van der Waals surface area contributed by atoms with E-state index in [-0.39, 0.29) is 22.6 Å². The molecule has 0 aliphatic carbocycles. The Kier molecular flexibility index (Phi) is 6.28. The summed E-state index contributed by atoms with van der Waals surface area (Å²) in [6.45, 7) is 2.58. The second-order valence-corrected chi connectivity index (χ2v) is 7.83. The van der Waals surface area contributed by atoms with Crippen LogP contribution in [-0.2, 0) is 14.9 Å². The number of hydrogen-bond acceptors (Lipinski definition) is 7. The van der Waals surface area contributed by atoms with Crippen LogP contribution in [0.25, 0.3) is 0 Å². The molecule has 1 saturated heterocycles. The zero-order chi connectivity index (χ0) is 23.4. The molecule has 8 nitrogen and oxygen atoms in total. The number of carbonyl (C=O) groups excluding carboxylic acids is 2. The molecule has 33 heavy (non-hydrogen) atoms. The number of ether oxygens (including phenoxy) is 2. The summed E-state index contributed by atoms with van der Waals surface area (Å²) in [5, 5.41) is 8.95. The summed E-state index contributed by atoms with van der Waals surface area (Å²) >= 11 is 0. The second-order valence-electron chi connectivity index (χ2n) is 7.83. The molecule has 0 spiro atoms. The van der Waals surface area contributed by atoms with E-state index in [4.69, 9.17) is 14.6 Å². The zero-order valence-electron chi connectivity index (χ0n) is 18.0. The molecule has 8 heteroatoms. The maximum absolute atomic E-state index is 11.8. The number of nitrogens with zero attached hydrogens (tertiary/aromatic N) is 2. The highest BCUT2D eigenvalue weighted by molar-refractivity contribution is 6.39. The van der Waals surface area contributed by atoms with Crippen molar-refractivity contribution < 1.29 is 29.0 Å². The average molecular weight is 446 g/mol. The van der Waals surface area contributed by atoms with Gasteiger partial charge in [-0.25, -0.2) is 14.8 Å². The summed E-state index contributed by atoms with van der Waals surface area (Å²) in [6.07, 6.45) is 4.41. The van der Waals surface area contributed by atoms with Gasteiger partial charge in [0.2, 0.25) is 0 Å². The van der Waals surface area contributed by atoms with E-state index >= 15 is 0 Å². The van der Waals surface area contributed by atoms with Crippen molar-refractivity contribution in [2.24, 2.45) is 0 Å². The van der Waals surface area contributed by atoms with Crippen LogP contribution in [0, 0.1) is 0 Å². The van der Waals surface area contributed by atoms with Crippen molar-refractivity contribution in [1.29, 1.82) is 0 Å². The van der Waals surface area contributed by atoms with Gasteiger partial charge >= 0.3 is 5.97 Å². The highest BCUT2D eigenvalue weighted by Crippen LogP contribution is 2.42. The predicted molar refractivity (Wildman–Crippen MR) is 118 cm³/mol. The molecule has 3 aromatic rings. The van der Waals surface area contributed by atoms with Gasteiger partial charge in [-0.05, 0) is 36.1 Å². The van der Waals surface area contributed by atoms with Crippen LogP contribution in [0.2, 0.25) is 0 Å². The van der Waals surface area contributed by atoms with Crippen molar-refractivity contribution in [2.45, 2.75) is 25.2 Å². The molecule has 1 fully saturated rings. The minimum absolute atomic E-state index is 0.134. The van der Waals surface area contributed by atoms with Crippen molar-refractivity contribution in [3.8, 4) is 11.5 Å². The van der Waals surface area contributed by atoms with Gasteiger partial charge in [-0.15, -0.1) is 0 Å². The fourth-order valence-electron chi connectivity index (χ4n) is 4.06. The van der Waals surface area contributed by atoms with Crippen molar-refractivity contribution in [3.63, 3.8) is 0 Å². The molecule has 1 N–H and O–H groups in total. The average Bonchev–Trinajstić information content (AvgIpc) is 2.85. The monoisotopic (exact) mass is 446 g/mol. The third-order valence-corrected chi connectivity index (χ3v) is 5.83.